The first-order chi connectivity index (χ1) is 7.20. The number of ketones is 1. The summed E-state index contributed by atoms with van der Waals surface area (Å²) in [5.74, 6) is 0.166. The van der Waals surface area contributed by atoms with Gasteiger partial charge < -0.3 is 9.84 Å². The molecule has 3 nitrogen and oxygen atoms in total. The number of carbonyl (C=O) groups is 1. The van der Waals surface area contributed by atoms with Gasteiger partial charge in [0.1, 0.15) is 17.0 Å². The van der Waals surface area contributed by atoms with Crippen molar-refractivity contribution in [1.82, 2.24) is 0 Å². The lowest BCUT2D eigenvalue weighted by Crippen LogP contribution is -2.67. The molecule has 1 heterocycles. The Morgan fingerprint density at radius 1 is 1.38 bits per heavy atom. The maximum absolute atomic E-state index is 11.8. The van der Waals surface area contributed by atoms with E-state index in [1.807, 2.05) is 39.8 Å². The summed E-state index contributed by atoms with van der Waals surface area (Å²) in [4.78, 5) is 11.8. The minimum Gasteiger partial charge on any atom is -0.382 e. The van der Waals surface area contributed by atoms with E-state index in [0.29, 0.717) is 12.8 Å². The zero-order valence-corrected chi connectivity index (χ0v) is 10.4. The van der Waals surface area contributed by atoms with Crippen molar-refractivity contribution in [1.29, 1.82) is 0 Å². The molecule has 90 valence electrons. The molecule has 1 saturated carbocycles. The minimum absolute atomic E-state index is 0.0491. The lowest BCUT2D eigenvalue weighted by atomic mass is 9.57. The topological polar surface area (TPSA) is 46.5 Å². The van der Waals surface area contributed by atoms with Crippen LogP contribution in [0.1, 0.15) is 40.5 Å². The number of hydrogen-bond acceptors (Lipinski definition) is 3. The fourth-order valence-corrected chi connectivity index (χ4v) is 3.17. The normalized spacial score (nSPS) is 46.6. The number of fused-ring (bicyclic) bond motifs is 1. The molecular weight excluding hydrogens is 204 g/mol. The molecule has 16 heavy (non-hydrogen) atoms. The summed E-state index contributed by atoms with van der Waals surface area (Å²) in [5.41, 5.74) is -2.33. The smallest absolute Gasteiger partial charge is 0.136 e. The van der Waals surface area contributed by atoms with Crippen molar-refractivity contribution in [3.63, 3.8) is 0 Å². The van der Waals surface area contributed by atoms with E-state index in [4.69, 9.17) is 4.74 Å². The molecule has 3 heteroatoms. The van der Waals surface area contributed by atoms with Gasteiger partial charge >= 0.3 is 0 Å². The first-order valence-corrected chi connectivity index (χ1v) is 5.81. The van der Waals surface area contributed by atoms with E-state index in [1.165, 1.54) is 0 Å². The second-order valence-electron chi connectivity index (χ2n) is 5.96. The van der Waals surface area contributed by atoms with Gasteiger partial charge in [-0.3, -0.25) is 4.79 Å². The monoisotopic (exact) mass is 224 g/mol. The van der Waals surface area contributed by atoms with Crippen molar-refractivity contribution in [2.24, 2.45) is 5.41 Å². The predicted molar refractivity (Wildman–Crippen MR) is 61.1 cm³/mol. The number of rotatable bonds is 0. The largest absolute Gasteiger partial charge is 0.382 e. The molecule has 0 bridgehead atoms. The average molecular weight is 224 g/mol. The molecule has 1 aliphatic carbocycles. The Balaban J connectivity index is 2.52. The lowest BCUT2D eigenvalue weighted by molar-refractivity contribution is -0.232. The first kappa shape index (κ1) is 11.8. The lowest BCUT2D eigenvalue weighted by Gasteiger charge is -2.57. The first-order valence-electron chi connectivity index (χ1n) is 5.81. The Labute approximate surface area is 96.5 Å². The van der Waals surface area contributed by atoms with Crippen LogP contribution < -0.4 is 0 Å². The number of hydrogen-bond donors (Lipinski definition) is 1. The number of carbonyl (C=O) groups excluding carboxylic acids is 1. The Kier molecular flexibility index (Phi) is 2.34. The Bertz CT molecular complexity index is 358. The minimum atomic E-state index is -1.06. The molecule has 0 radical (unpaired) electrons. The summed E-state index contributed by atoms with van der Waals surface area (Å²) < 4.78 is 5.83. The highest BCUT2D eigenvalue weighted by Crippen LogP contribution is 2.52. The Morgan fingerprint density at radius 2 is 2.00 bits per heavy atom. The summed E-state index contributed by atoms with van der Waals surface area (Å²) in [6.07, 6.45) is 4.35. The summed E-state index contributed by atoms with van der Waals surface area (Å²) in [5, 5.41) is 10.8. The van der Waals surface area contributed by atoms with E-state index in [0.717, 1.165) is 0 Å². The quantitative estimate of drug-likeness (QED) is 0.639. The van der Waals surface area contributed by atoms with Gasteiger partial charge in [0, 0.05) is 18.3 Å². The SMILES string of the molecule is C[C@H]1C=C[C@@]2(O)C(C)(C)CC(=O)C[C@@]2(C)O1. The van der Waals surface area contributed by atoms with Gasteiger partial charge in [-0.2, -0.15) is 0 Å². The molecular formula is C13H20O3. The van der Waals surface area contributed by atoms with Gasteiger partial charge in [0.05, 0.1) is 6.10 Å². The van der Waals surface area contributed by atoms with E-state index < -0.39 is 16.6 Å². The van der Waals surface area contributed by atoms with E-state index in [2.05, 4.69) is 0 Å². The molecule has 0 saturated heterocycles. The number of Topliss-reactive ketones (excluding diaryl/α,β-unsaturated/α-hetero) is 1. The van der Waals surface area contributed by atoms with Gasteiger partial charge in [-0.05, 0) is 13.8 Å². The van der Waals surface area contributed by atoms with Crippen molar-refractivity contribution in [3.8, 4) is 0 Å². The van der Waals surface area contributed by atoms with E-state index in [9.17, 15) is 9.90 Å². The van der Waals surface area contributed by atoms with Gasteiger partial charge in [0.15, 0.2) is 0 Å². The third-order valence-electron chi connectivity index (χ3n) is 4.07. The average Bonchev–Trinajstić information content (AvgIpc) is 2.08. The van der Waals surface area contributed by atoms with Crippen LogP contribution in [0.4, 0.5) is 0 Å². The van der Waals surface area contributed by atoms with Crippen molar-refractivity contribution < 1.29 is 14.6 Å². The summed E-state index contributed by atoms with van der Waals surface area (Å²) >= 11 is 0. The highest BCUT2D eigenvalue weighted by Gasteiger charge is 2.61. The van der Waals surface area contributed by atoms with Crippen LogP contribution in [-0.4, -0.2) is 28.2 Å². The molecule has 2 rings (SSSR count). The van der Waals surface area contributed by atoms with Crippen LogP contribution >= 0.6 is 0 Å². The van der Waals surface area contributed by atoms with E-state index in [-0.39, 0.29) is 11.9 Å². The van der Waals surface area contributed by atoms with Crippen molar-refractivity contribution in [3.05, 3.63) is 12.2 Å². The number of ether oxygens (including phenoxy) is 1. The second-order valence-corrected chi connectivity index (χ2v) is 5.96. The van der Waals surface area contributed by atoms with Crippen LogP contribution in [0.2, 0.25) is 0 Å². The van der Waals surface area contributed by atoms with Crippen LogP contribution in [0.3, 0.4) is 0 Å². The van der Waals surface area contributed by atoms with Crippen molar-refractivity contribution in [2.45, 2.75) is 57.8 Å². The number of aliphatic hydroxyl groups is 1. The van der Waals surface area contributed by atoms with Crippen LogP contribution in [0.5, 0.6) is 0 Å². The van der Waals surface area contributed by atoms with Gasteiger partial charge in [-0.25, -0.2) is 0 Å². The van der Waals surface area contributed by atoms with Gasteiger partial charge in [-0.1, -0.05) is 26.0 Å². The van der Waals surface area contributed by atoms with Crippen LogP contribution in [0.25, 0.3) is 0 Å². The van der Waals surface area contributed by atoms with E-state index >= 15 is 0 Å². The van der Waals surface area contributed by atoms with Gasteiger partial charge in [0.2, 0.25) is 0 Å². The molecule has 0 amide bonds. The molecule has 2 aliphatic rings. The fourth-order valence-electron chi connectivity index (χ4n) is 3.17. The third-order valence-corrected chi connectivity index (χ3v) is 4.07. The molecule has 1 aliphatic heterocycles. The van der Waals surface area contributed by atoms with Crippen LogP contribution in [0.15, 0.2) is 12.2 Å². The zero-order valence-electron chi connectivity index (χ0n) is 10.4. The Hall–Kier alpha value is -0.670. The molecule has 0 aromatic carbocycles. The van der Waals surface area contributed by atoms with Crippen LogP contribution in [-0.2, 0) is 9.53 Å². The summed E-state index contributed by atoms with van der Waals surface area (Å²) in [6.45, 7) is 7.61. The molecule has 1 fully saturated rings. The van der Waals surface area contributed by atoms with Gasteiger partial charge in [-0.15, -0.1) is 0 Å². The van der Waals surface area contributed by atoms with E-state index in [1.54, 1.807) is 0 Å². The zero-order chi connectivity index (χ0) is 12.2. The highest BCUT2D eigenvalue weighted by molar-refractivity contribution is 5.82. The third kappa shape index (κ3) is 1.38. The maximum atomic E-state index is 11.8. The standard InChI is InChI=1S/C13H20O3/c1-9-5-6-13(15)11(2,3)7-10(14)8-12(13,4)16-9/h5-6,9,15H,7-8H2,1-4H3/t9-,12+,13+/m0/s1. The molecule has 0 aromatic heterocycles. The maximum Gasteiger partial charge on any atom is 0.136 e. The Morgan fingerprint density at radius 3 is 2.62 bits per heavy atom. The van der Waals surface area contributed by atoms with Gasteiger partial charge in [0.25, 0.3) is 0 Å². The summed E-state index contributed by atoms with van der Waals surface area (Å²) in [6, 6.07) is 0. The second kappa shape index (κ2) is 3.17. The fraction of sp³-hybridized carbons (Fsp3) is 0.769. The highest BCUT2D eigenvalue weighted by atomic mass is 16.5. The molecule has 0 spiro atoms. The molecule has 0 aromatic rings. The van der Waals surface area contributed by atoms with Crippen LogP contribution in [0, 0.1) is 5.41 Å². The molecule has 1 N–H and O–H groups in total. The molecule has 3 atom stereocenters. The van der Waals surface area contributed by atoms with Crippen molar-refractivity contribution >= 4 is 5.78 Å². The predicted octanol–water partition coefficient (Wildman–Crippen LogP) is 1.84. The molecule has 0 unspecified atom stereocenters. The van der Waals surface area contributed by atoms with Crippen molar-refractivity contribution in [2.75, 3.05) is 0 Å². The summed E-state index contributed by atoms with van der Waals surface area (Å²) in [7, 11) is 0.